The minimum atomic E-state index is -0.422. The fourth-order valence-corrected chi connectivity index (χ4v) is 7.67. The third-order valence-corrected chi connectivity index (χ3v) is 9.29. The van der Waals surface area contributed by atoms with Crippen LogP contribution in [0.25, 0.3) is 0 Å². The van der Waals surface area contributed by atoms with Gasteiger partial charge in [-0.25, -0.2) is 4.79 Å². The molecule has 6 heteroatoms. The van der Waals surface area contributed by atoms with Gasteiger partial charge in [-0.2, -0.15) is 0 Å². The summed E-state index contributed by atoms with van der Waals surface area (Å²) in [5.41, 5.74) is 0. The summed E-state index contributed by atoms with van der Waals surface area (Å²) in [6, 6.07) is 28.8. The standard InChI is InChI=1S/C28H25O5S/c29-25(32-26-18-15-23-24(16-18)28(30)33-27(23)26)17-31-19-11-13-22(14-12-19)34(20-7-3-1-4-8-20)21-9-5-2-6-10-21/h1-14,18,23-24,26-27H,15-17H2/q+1. The normalized spacial score (nSPS) is 26.5. The summed E-state index contributed by atoms with van der Waals surface area (Å²) in [7, 11) is -0.233. The zero-order valence-electron chi connectivity index (χ0n) is 18.5. The molecule has 0 radical (unpaired) electrons. The predicted octanol–water partition coefficient (Wildman–Crippen LogP) is 4.65. The Morgan fingerprint density at radius 1 is 0.853 bits per heavy atom. The van der Waals surface area contributed by atoms with Crippen molar-refractivity contribution >= 4 is 22.8 Å². The van der Waals surface area contributed by atoms with E-state index in [1.54, 1.807) is 0 Å². The Hall–Kier alpha value is -3.25. The third kappa shape index (κ3) is 3.86. The molecule has 0 aromatic heterocycles. The molecule has 1 heterocycles. The predicted molar refractivity (Wildman–Crippen MR) is 126 cm³/mol. The van der Waals surface area contributed by atoms with E-state index in [1.165, 1.54) is 14.7 Å². The number of carbonyl (C=O) groups is 2. The van der Waals surface area contributed by atoms with Crippen molar-refractivity contribution in [2.75, 3.05) is 6.61 Å². The molecule has 0 amide bonds. The average Bonchev–Trinajstić information content (AvgIpc) is 3.51. The molecule has 6 rings (SSSR count). The molecule has 3 fully saturated rings. The first-order valence-corrected chi connectivity index (χ1v) is 12.9. The molecule has 5 unspecified atom stereocenters. The Labute approximate surface area is 201 Å². The van der Waals surface area contributed by atoms with Crippen molar-refractivity contribution in [1.82, 2.24) is 0 Å². The fourth-order valence-electron chi connectivity index (χ4n) is 5.59. The van der Waals surface area contributed by atoms with E-state index in [2.05, 4.69) is 60.7 Å². The number of fused-ring (bicyclic) bond motifs is 1. The van der Waals surface area contributed by atoms with Gasteiger partial charge in [-0.1, -0.05) is 36.4 Å². The number of rotatable bonds is 7. The van der Waals surface area contributed by atoms with Gasteiger partial charge in [0.2, 0.25) is 0 Å². The van der Waals surface area contributed by atoms with Crippen LogP contribution in [0.3, 0.4) is 0 Å². The fraction of sp³-hybridized carbons (Fsp3) is 0.286. The Morgan fingerprint density at radius 3 is 2.12 bits per heavy atom. The van der Waals surface area contributed by atoms with Gasteiger partial charge in [0.05, 0.1) is 16.8 Å². The van der Waals surface area contributed by atoms with E-state index in [4.69, 9.17) is 14.2 Å². The minimum Gasteiger partial charge on any atom is -0.482 e. The van der Waals surface area contributed by atoms with E-state index in [-0.39, 0.29) is 53.4 Å². The van der Waals surface area contributed by atoms with Gasteiger partial charge >= 0.3 is 11.9 Å². The van der Waals surface area contributed by atoms with Gasteiger partial charge in [0.25, 0.3) is 0 Å². The van der Waals surface area contributed by atoms with Crippen LogP contribution in [0, 0.1) is 17.8 Å². The summed E-state index contributed by atoms with van der Waals surface area (Å²) in [4.78, 5) is 28.0. The van der Waals surface area contributed by atoms with E-state index in [1.807, 2.05) is 24.3 Å². The topological polar surface area (TPSA) is 61.8 Å². The van der Waals surface area contributed by atoms with E-state index < -0.39 is 5.97 Å². The molecule has 5 nitrogen and oxygen atoms in total. The molecule has 34 heavy (non-hydrogen) atoms. The Bertz CT molecular complexity index is 1140. The van der Waals surface area contributed by atoms with Crippen molar-refractivity contribution in [2.45, 2.75) is 39.7 Å². The maximum absolute atomic E-state index is 12.5. The molecule has 1 saturated heterocycles. The molecule has 1 aliphatic heterocycles. The van der Waals surface area contributed by atoms with Crippen LogP contribution < -0.4 is 4.74 Å². The largest absolute Gasteiger partial charge is 0.482 e. The first-order valence-electron chi connectivity index (χ1n) is 11.6. The van der Waals surface area contributed by atoms with Gasteiger partial charge in [-0.3, -0.25) is 4.79 Å². The zero-order chi connectivity index (χ0) is 23.1. The van der Waals surface area contributed by atoms with E-state index in [9.17, 15) is 9.59 Å². The Kier molecular flexibility index (Phi) is 5.53. The lowest BCUT2D eigenvalue weighted by molar-refractivity contribution is -0.163. The summed E-state index contributed by atoms with van der Waals surface area (Å²) in [6.07, 6.45) is 1.08. The highest BCUT2D eigenvalue weighted by Gasteiger charge is 2.63. The van der Waals surface area contributed by atoms with Gasteiger partial charge < -0.3 is 14.2 Å². The summed E-state index contributed by atoms with van der Waals surface area (Å²) in [5.74, 6) is 0.518. The van der Waals surface area contributed by atoms with Crippen LogP contribution in [-0.2, 0) is 30.0 Å². The van der Waals surface area contributed by atoms with Crippen molar-refractivity contribution in [1.29, 1.82) is 0 Å². The number of carbonyl (C=O) groups excluding carboxylic acids is 2. The lowest BCUT2D eigenvalue weighted by Gasteiger charge is -2.25. The number of hydrogen-bond acceptors (Lipinski definition) is 5. The molecule has 5 atom stereocenters. The summed E-state index contributed by atoms with van der Waals surface area (Å²) in [6.45, 7) is -0.166. The van der Waals surface area contributed by atoms with Crippen molar-refractivity contribution in [3.05, 3.63) is 84.9 Å². The van der Waals surface area contributed by atoms with Crippen LogP contribution >= 0.6 is 0 Å². The van der Waals surface area contributed by atoms with Crippen LogP contribution in [0.5, 0.6) is 5.75 Å². The number of esters is 2. The molecule has 3 aliphatic rings. The van der Waals surface area contributed by atoms with Crippen LogP contribution in [0.2, 0.25) is 0 Å². The molecule has 2 bridgehead atoms. The van der Waals surface area contributed by atoms with Crippen LogP contribution in [0.15, 0.2) is 99.6 Å². The Balaban J connectivity index is 1.11. The monoisotopic (exact) mass is 473 g/mol. The second-order valence-corrected chi connectivity index (χ2v) is 11.1. The van der Waals surface area contributed by atoms with E-state index in [0.717, 1.165) is 12.8 Å². The van der Waals surface area contributed by atoms with E-state index in [0.29, 0.717) is 5.75 Å². The highest BCUT2D eigenvalue weighted by Crippen LogP contribution is 2.55. The number of benzene rings is 3. The van der Waals surface area contributed by atoms with Crippen LogP contribution in [0.4, 0.5) is 0 Å². The van der Waals surface area contributed by atoms with Crippen molar-refractivity contribution < 1.29 is 23.8 Å². The first kappa shape index (κ1) is 21.3. The highest BCUT2D eigenvalue weighted by molar-refractivity contribution is 7.97. The Morgan fingerprint density at radius 2 is 1.47 bits per heavy atom. The lowest BCUT2D eigenvalue weighted by Crippen LogP contribution is -2.37. The molecular weight excluding hydrogens is 448 g/mol. The molecule has 3 aromatic rings. The number of hydrogen-bond donors (Lipinski definition) is 0. The molecule has 2 saturated carbocycles. The van der Waals surface area contributed by atoms with Gasteiger partial charge in [-0.05, 0) is 61.4 Å². The molecular formula is C28H25O5S+. The minimum absolute atomic E-state index is 0.0102. The zero-order valence-corrected chi connectivity index (χ0v) is 19.4. The highest BCUT2D eigenvalue weighted by atomic mass is 32.2. The van der Waals surface area contributed by atoms with Crippen molar-refractivity contribution in [3.8, 4) is 5.75 Å². The average molecular weight is 474 g/mol. The van der Waals surface area contributed by atoms with Crippen molar-refractivity contribution in [2.24, 2.45) is 17.8 Å². The molecule has 0 spiro atoms. The summed E-state index contributed by atoms with van der Waals surface area (Å²) < 4.78 is 16.9. The van der Waals surface area contributed by atoms with Gasteiger partial charge in [0.1, 0.15) is 18.0 Å². The van der Waals surface area contributed by atoms with Gasteiger partial charge in [0, 0.05) is 11.8 Å². The second kappa shape index (κ2) is 8.84. The molecule has 3 aromatic carbocycles. The third-order valence-electron chi connectivity index (χ3n) is 7.06. The van der Waals surface area contributed by atoms with E-state index >= 15 is 0 Å². The second-order valence-electron chi connectivity index (χ2n) is 9.05. The van der Waals surface area contributed by atoms with Gasteiger partial charge in [-0.15, -0.1) is 0 Å². The molecule has 2 aliphatic carbocycles. The maximum Gasteiger partial charge on any atom is 0.344 e. The molecule has 0 N–H and O–H groups in total. The first-order chi connectivity index (χ1) is 16.7. The lowest BCUT2D eigenvalue weighted by atomic mass is 9.88. The smallest absolute Gasteiger partial charge is 0.344 e. The maximum atomic E-state index is 12.5. The van der Waals surface area contributed by atoms with Crippen molar-refractivity contribution in [3.63, 3.8) is 0 Å². The quantitative estimate of drug-likeness (QED) is 0.369. The van der Waals surface area contributed by atoms with Crippen LogP contribution in [-0.4, -0.2) is 30.8 Å². The number of ether oxygens (including phenoxy) is 3. The van der Waals surface area contributed by atoms with Gasteiger partial charge in [0.15, 0.2) is 21.3 Å². The van der Waals surface area contributed by atoms with Crippen LogP contribution in [0.1, 0.15) is 12.8 Å². The molecule has 172 valence electrons. The SMILES string of the molecule is O=C(COc1ccc([S+](c2ccccc2)c2ccccc2)cc1)OC1C2CC3C(=O)OC1C3C2. The summed E-state index contributed by atoms with van der Waals surface area (Å²) >= 11 is 0. The summed E-state index contributed by atoms with van der Waals surface area (Å²) in [5, 5.41) is 0.